The zero-order valence-corrected chi connectivity index (χ0v) is 14.3. The molecule has 2 rings (SSSR count). The molecule has 0 spiro atoms. The van der Waals surface area contributed by atoms with Crippen molar-refractivity contribution in [2.45, 2.75) is 25.8 Å². The van der Waals surface area contributed by atoms with Crippen LogP contribution in [0.2, 0.25) is 0 Å². The summed E-state index contributed by atoms with van der Waals surface area (Å²) in [5.74, 6) is 0.547. The zero-order chi connectivity index (χ0) is 16.1. The average molecular weight is 325 g/mol. The Labute approximate surface area is 136 Å². The summed E-state index contributed by atoms with van der Waals surface area (Å²) in [4.78, 5) is 16.0. The highest BCUT2D eigenvalue weighted by Gasteiger charge is 2.17. The Morgan fingerprint density at radius 1 is 1.41 bits per heavy atom. The Kier molecular flexibility index (Phi) is 5.94. The summed E-state index contributed by atoms with van der Waals surface area (Å²) in [6.45, 7) is 3.89. The first-order valence-electron chi connectivity index (χ1n) is 7.59. The van der Waals surface area contributed by atoms with Gasteiger partial charge in [0.05, 0.1) is 0 Å². The molecule has 1 aromatic rings. The fourth-order valence-corrected chi connectivity index (χ4v) is 3.28. The largest absolute Gasteiger partial charge is 0.371 e. The summed E-state index contributed by atoms with van der Waals surface area (Å²) >= 11 is 1.70. The van der Waals surface area contributed by atoms with Crippen LogP contribution in [-0.2, 0) is 0 Å². The van der Waals surface area contributed by atoms with Gasteiger partial charge in [0.15, 0.2) is 0 Å². The molecule has 1 fully saturated rings. The van der Waals surface area contributed by atoms with Gasteiger partial charge in [-0.3, -0.25) is 0 Å². The van der Waals surface area contributed by atoms with Crippen molar-refractivity contribution in [1.29, 1.82) is 0 Å². The molecule has 22 heavy (non-hydrogen) atoms. The van der Waals surface area contributed by atoms with Gasteiger partial charge in [-0.25, -0.2) is 9.18 Å². The molecule has 1 saturated heterocycles. The number of amides is 2. The molecule has 122 valence electrons. The van der Waals surface area contributed by atoms with E-state index in [-0.39, 0.29) is 17.9 Å². The van der Waals surface area contributed by atoms with Crippen molar-refractivity contribution in [3.63, 3.8) is 0 Å². The molecule has 0 aliphatic carbocycles. The monoisotopic (exact) mass is 325 g/mol. The second-order valence-corrected chi connectivity index (χ2v) is 6.65. The third-order valence-corrected chi connectivity index (χ3v) is 4.81. The number of halogens is 1. The highest BCUT2D eigenvalue weighted by molar-refractivity contribution is 7.98. The van der Waals surface area contributed by atoms with E-state index in [1.54, 1.807) is 23.7 Å². The van der Waals surface area contributed by atoms with Gasteiger partial charge >= 0.3 is 6.03 Å². The number of urea groups is 1. The van der Waals surface area contributed by atoms with Crippen molar-refractivity contribution < 1.29 is 9.18 Å². The summed E-state index contributed by atoms with van der Waals surface area (Å²) in [6.07, 6.45) is 4.28. The number of benzene rings is 1. The highest BCUT2D eigenvalue weighted by Crippen LogP contribution is 2.25. The minimum atomic E-state index is -0.320. The molecule has 0 saturated carbocycles. The van der Waals surface area contributed by atoms with Crippen molar-refractivity contribution in [1.82, 2.24) is 4.90 Å². The number of hydrogen-bond donors (Lipinski definition) is 1. The van der Waals surface area contributed by atoms with Gasteiger partial charge < -0.3 is 15.1 Å². The van der Waals surface area contributed by atoms with Crippen LogP contribution in [0.5, 0.6) is 0 Å². The molecule has 1 aromatic carbocycles. The third-order valence-electron chi connectivity index (χ3n) is 3.99. The van der Waals surface area contributed by atoms with Crippen LogP contribution in [-0.4, -0.2) is 49.1 Å². The predicted octanol–water partition coefficient (Wildman–Crippen LogP) is 3.64. The maximum absolute atomic E-state index is 13.8. The molecule has 0 radical (unpaired) electrons. The van der Waals surface area contributed by atoms with E-state index < -0.39 is 0 Å². The van der Waals surface area contributed by atoms with Crippen LogP contribution in [0.4, 0.5) is 20.6 Å². The van der Waals surface area contributed by atoms with E-state index >= 15 is 0 Å². The number of nitrogens with zero attached hydrogens (tertiary/aromatic N) is 2. The third kappa shape index (κ3) is 4.29. The molecule has 1 aliphatic rings. The Morgan fingerprint density at radius 2 is 2.09 bits per heavy atom. The average Bonchev–Trinajstić information content (AvgIpc) is 3.00. The van der Waals surface area contributed by atoms with E-state index in [1.807, 2.05) is 19.2 Å². The Bertz CT molecular complexity index is 520. The van der Waals surface area contributed by atoms with Crippen LogP contribution >= 0.6 is 11.8 Å². The van der Waals surface area contributed by atoms with Crippen LogP contribution < -0.4 is 10.2 Å². The lowest BCUT2D eigenvalue weighted by Crippen LogP contribution is -2.39. The topological polar surface area (TPSA) is 35.6 Å². The molecule has 0 bridgehead atoms. The molecule has 1 N–H and O–H groups in total. The number of nitrogens with one attached hydrogen (secondary N) is 1. The van der Waals surface area contributed by atoms with Crippen LogP contribution in [0.1, 0.15) is 19.8 Å². The first-order valence-corrected chi connectivity index (χ1v) is 8.99. The number of carbonyl (C=O) groups excluding carboxylic acids is 1. The van der Waals surface area contributed by atoms with Crippen LogP contribution in [0, 0.1) is 5.82 Å². The minimum absolute atomic E-state index is 0.126. The number of thioether (sulfide) groups is 1. The molecule has 2 amide bonds. The van der Waals surface area contributed by atoms with E-state index in [1.165, 1.54) is 12.1 Å². The van der Waals surface area contributed by atoms with E-state index in [4.69, 9.17) is 0 Å². The molecule has 4 nitrogen and oxygen atoms in total. The van der Waals surface area contributed by atoms with Gasteiger partial charge in [0.25, 0.3) is 0 Å². The summed E-state index contributed by atoms with van der Waals surface area (Å²) in [6, 6.07) is 4.66. The van der Waals surface area contributed by atoms with Gasteiger partial charge in [-0.15, -0.1) is 0 Å². The van der Waals surface area contributed by atoms with Crippen molar-refractivity contribution in [2.75, 3.05) is 42.4 Å². The van der Waals surface area contributed by atoms with Crippen molar-refractivity contribution in [2.24, 2.45) is 0 Å². The summed E-state index contributed by atoms with van der Waals surface area (Å²) in [5.41, 5.74) is 1.35. The van der Waals surface area contributed by atoms with Gasteiger partial charge in [-0.05, 0) is 44.2 Å². The molecule has 0 aromatic heterocycles. The molecule has 6 heteroatoms. The lowest BCUT2D eigenvalue weighted by Gasteiger charge is -2.25. The van der Waals surface area contributed by atoms with Gasteiger partial charge in [0, 0.05) is 43.3 Å². The number of carbonyl (C=O) groups is 1. The van der Waals surface area contributed by atoms with Gasteiger partial charge in [-0.2, -0.15) is 11.8 Å². The molecule has 1 heterocycles. The molecule has 0 unspecified atom stereocenters. The van der Waals surface area contributed by atoms with Crippen molar-refractivity contribution in [3.8, 4) is 0 Å². The minimum Gasteiger partial charge on any atom is -0.371 e. The maximum atomic E-state index is 13.8. The van der Waals surface area contributed by atoms with E-state index in [0.717, 1.165) is 37.4 Å². The van der Waals surface area contributed by atoms with Crippen LogP contribution in [0.25, 0.3) is 0 Å². The SMILES string of the molecule is CSC[C@H](C)N(C)C(=O)Nc1cc(F)cc(N2CCCC2)c1. The Morgan fingerprint density at radius 3 is 2.73 bits per heavy atom. The number of hydrogen-bond acceptors (Lipinski definition) is 3. The smallest absolute Gasteiger partial charge is 0.321 e. The fraction of sp³-hybridized carbons (Fsp3) is 0.562. The normalized spacial score (nSPS) is 15.7. The van der Waals surface area contributed by atoms with Crippen molar-refractivity contribution >= 4 is 29.2 Å². The first kappa shape index (κ1) is 16.9. The first-order chi connectivity index (χ1) is 10.5. The van der Waals surface area contributed by atoms with Gasteiger partial charge in [-0.1, -0.05) is 0 Å². The maximum Gasteiger partial charge on any atom is 0.321 e. The van der Waals surface area contributed by atoms with Crippen LogP contribution in [0.15, 0.2) is 18.2 Å². The van der Waals surface area contributed by atoms with Crippen molar-refractivity contribution in [3.05, 3.63) is 24.0 Å². The molecular formula is C16H24FN3OS. The summed E-state index contributed by atoms with van der Waals surface area (Å²) < 4.78 is 13.8. The summed E-state index contributed by atoms with van der Waals surface area (Å²) in [5, 5.41) is 2.80. The van der Waals surface area contributed by atoms with Gasteiger partial charge in [0.2, 0.25) is 0 Å². The van der Waals surface area contributed by atoms with Crippen LogP contribution in [0.3, 0.4) is 0 Å². The molecular weight excluding hydrogens is 301 g/mol. The second-order valence-electron chi connectivity index (χ2n) is 5.74. The molecule has 1 aliphatic heterocycles. The number of rotatable bonds is 5. The standard InChI is InChI=1S/C16H24FN3OS/c1-12(11-22-3)19(2)16(21)18-14-8-13(17)9-15(10-14)20-6-4-5-7-20/h8-10,12H,4-7,11H2,1-3H3,(H,18,21)/t12-/m0/s1. The Balaban J connectivity index is 2.07. The number of anilines is 2. The lowest BCUT2D eigenvalue weighted by molar-refractivity contribution is 0.212. The fourth-order valence-electron chi connectivity index (χ4n) is 2.57. The second kappa shape index (κ2) is 7.72. The van der Waals surface area contributed by atoms with Gasteiger partial charge in [0.1, 0.15) is 5.82 Å². The quantitative estimate of drug-likeness (QED) is 0.898. The summed E-state index contributed by atoms with van der Waals surface area (Å²) in [7, 11) is 1.76. The van der Waals surface area contributed by atoms with E-state index in [9.17, 15) is 9.18 Å². The lowest BCUT2D eigenvalue weighted by atomic mass is 10.2. The predicted molar refractivity (Wildman–Crippen MR) is 92.5 cm³/mol. The van der Waals surface area contributed by atoms with E-state index in [0.29, 0.717) is 5.69 Å². The molecule has 1 atom stereocenters. The Hall–Kier alpha value is -1.43. The highest BCUT2D eigenvalue weighted by atomic mass is 32.2. The van der Waals surface area contributed by atoms with E-state index in [2.05, 4.69) is 10.2 Å². The zero-order valence-electron chi connectivity index (χ0n) is 13.4.